The number of nitrogens with one attached hydrogen (secondary N) is 2. The molecule has 194 valence electrons. The van der Waals surface area contributed by atoms with E-state index in [0.717, 1.165) is 63.2 Å². The molecule has 2 N–H and O–H groups in total. The summed E-state index contributed by atoms with van der Waals surface area (Å²) in [6.45, 7) is 6.80. The maximum absolute atomic E-state index is 13.7. The van der Waals surface area contributed by atoms with Gasteiger partial charge in [0.25, 0.3) is 5.91 Å². The molecule has 2 heterocycles. The number of fused-ring (bicyclic) bond motifs is 1. The summed E-state index contributed by atoms with van der Waals surface area (Å²) in [5.74, 6) is 0.817. The summed E-state index contributed by atoms with van der Waals surface area (Å²) >= 11 is 1.74. The molecule has 1 unspecified atom stereocenters. The Balaban J connectivity index is 1.40. The summed E-state index contributed by atoms with van der Waals surface area (Å²) in [6.07, 6.45) is 1.35. The van der Waals surface area contributed by atoms with Crippen molar-refractivity contribution in [3.8, 4) is 0 Å². The van der Waals surface area contributed by atoms with E-state index in [-0.39, 0.29) is 17.9 Å². The molecule has 1 saturated heterocycles. The summed E-state index contributed by atoms with van der Waals surface area (Å²) < 4.78 is 0. The Kier molecular flexibility index (Phi) is 7.65. The number of allylic oxidation sites excluding steroid dienone is 1. The first-order chi connectivity index (χ1) is 18.4. The number of hydrogen-bond acceptors (Lipinski definition) is 5. The number of anilines is 2. The number of amidine groups is 1. The highest BCUT2D eigenvalue weighted by atomic mass is 32.2. The largest absolute Gasteiger partial charge is 0.340 e. The van der Waals surface area contributed by atoms with Crippen molar-refractivity contribution in [2.45, 2.75) is 39.7 Å². The Labute approximate surface area is 228 Å². The summed E-state index contributed by atoms with van der Waals surface area (Å²) in [5.41, 5.74) is 7.06. The van der Waals surface area contributed by atoms with Crippen LogP contribution in [0.15, 0.2) is 89.1 Å². The molecule has 0 saturated carbocycles. The number of amides is 2. The molecule has 3 aromatic rings. The van der Waals surface area contributed by atoms with Gasteiger partial charge in [-0.3, -0.25) is 9.59 Å². The average molecular weight is 525 g/mol. The number of benzene rings is 3. The molecule has 0 aromatic heterocycles. The van der Waals surface area contributed by atoms with Crippen LogP contribution in [0.2, 0.25) is 0 Å². The quantitative estimate of drug-likeness (QED) is 0.400. The lowest BCUT2D eigenvalue weighted by Crippen LogP contribution is -2.43. The summed E-state index contributed by atoms with van der Waals surface area (Å²) in [4.78, 5) is 33.4. The van der Waals surface area contributed by atoms with Crippen LogP contribution in [-0.2, 0) is 16.0 Å². The standard InChI is InChI=1S/C31H32N4O2S/c1-20-10-15-26(21(2)18-20)34-30(37)28-22(3)32-31-35(16-7-17-38-31)29(28)24-11-13-25(14-12-24)33-27(36)19-23-8-5-4-6-9-23/h4-6,8-15,18,29H,7,16-17,19H2,1-3H3,(H,33,36)(H,34,37). The Hall–Kier alpha value is -3.84. The second kappa shape index (κ2) is 11.3. The molecule has 2 aliphatic heterocycles. The molecule has 2 aliphatic rings. The van der Waals surface area contributed by atoms with Crippen molar-refractivity contribution in [1.29, 1.82) is 0 Å². The summed E-state index contributed by atoms with van der Waals surface area (Å²) in [5, 5.41) is 7.09. The van der Waals surface area contributed by atoms with Gasteiger partial charge in [-0.15, -0.1) is 0 Å². The SMILES string of the molecule is CC1=C(C(=O)Nc2ccc(C)cc2C)C(c2ccc(NC(=O)Cc3ccccc3)cc2)N2CCCSC2=N1. The van der Waals surface area contributed by atoms with E-state index in [1.807, 2.05) is 87.5 Å². The maximum atomic E-state index is 13.7. The summed E-state index contributed by atoms with van der Waals surface area (Å²) in [7, 11) is 0. The van der Waals surface area contributed by atoms with Gasteiger partial charge in [0.15, 0.2) is 5.17 Å². The zero-order valence-electron chi connectivity index (χ0n) is 22.0. The molecule has 1 atom stereocenters. The molecule has 0 radical (unpaired) electrons. The monoisotopic (exact) mass is 524 g/mol. The first kappa shape index (κ1) is 25.8. The van der Waals surface area contributed by atoms with Crippen LogP contribution in [0.5, 0.6) is 0 Å². The lowest BCUT2D eigenvalue weighted by Gasteiger charge is -2.41. The second-order valence-electron chi connectivity index (χ2n) is 9.80. The van der Waals surface area contributed by atoms with Gasteiger partial charge < -0.3 is 15.5 Å². The number of carbonyl (C=O) groups is 2. The van der Waals surface area contributed by atoms with Gasteiger partial charge in [0.2, 0.25) is 5.91 Å². The van der Waals surface area contributed by atoms with Crippen molar-refractivity contribution in [3.63, 3.8) is 0 Å². The third-order valence-electron chi connectivity index (χ3n) is 6.85. The van der Waals surface area contributed by atoms with Gasteiger partial charge >= 0.3 is 0 Å². The van der Waals surface area contributed by atoms with E-state index in [0.29, 0.717) is 12.0 Å². The molecule has 38 heavy (non-hydrogen) atoms. The van der Waals surface area contributed by atoms with Gasteiger partial charge in [-0.05, 0) is 62.1 Å². The molecular weight excluding hydrogens is 492 g/mol. The van der Waals surface area contributed by atoms with Gasteiger partial charge in [-0.1, -0.05) is 71.9 Å². The lowest BCUT2D eigenvalue weighted by atomic mass is 9.93. The molecule has 0 spiro atoms. The number of thioether (sulfide) groups is 1. The van der Waals surface area contributed by atoms with Crippen molar-refractivity contribution in [3.05, 3.63) is 106 Å². The van der Waals surface area contributed by atoms with Crippen LogP contribution in [0.1, 0.15) is 41.6 Å². The number of hydrogen-bond donors (Lipinski definition) is 2. The van der Waals surface area contributed by atoms with E-state index in [1.54, 1.807) is 11.8 Å². The van der Waals surface area contributed by atoms with Crippen LogP contribution in [-0.4, -0.2) is 34.2 Å². The van der Waals surface area contributed by atoms with Crippen LogP contribution in [0.4, 0.5) is 11.4 Å². The van der Waals surface area contributed by atoms with Crippen LogP contribution in [0, 0.1) is 13.8 Å². The third-order valence-corrected chi connectivity index (χ3v) is 7.93. The molecule has 5 rings (SSSR count). The normalized spacial score (nSPS) is 17.0. The minimum absolute atomic E-state index is 0.0623. The fraction of sp³-hybridized carbons (Fsp3) is 0.258. The van der Waals surface area contributed by atoms with Crippen molar-refractivity contribution in [2.75, 3.05) is 22.9 Å². The number of aliphatic imine (C=N–C) groups is 1. The predicted octanol–water partition coefficient (Wildman–Crippen LogP) is 6.25. The minimum atomic E-state index is -0.255. The first-order valence-corrected chi connectivity index (χ1v) is 13.9. The number of rotatable bonds is 6. The van der Waals surface area contributed by atoms with E-state index < -0.39 is 0 Å². The molecule has 3 aromatic carbocycles. The van der Waals surface area contributed by atoms with Crippen LogP contribution >= 0.6 is 11.8 Å². The van der Waals surface area contributed by atoms with Gasteiger partial charge in [0.1, 0.15) is 0 Å². The Morgan fingerprint density at radius 3 is 2.47 bits per heavy atom. The van der Waals surface area contributed by atoms with E-state index in [1.165, 1.54) is 0 Å². The van der Waals surface area contributed by atoms with E-state index in [4.69, 9.17) is 4.99 Å². The van der Waals surface area contributed by atoms with Crippen molar-refractivity contribution >= 4 is 40.1 Å². The zero-order valence-corrected chi connectivity index (χ0v) is 22.8. The highest BCUT2D eigenvalue weighted by Gasteiger charge is 2.37. The highest BCUT2D eigenvalue weighted by molar-refractivity contribution is 8.13. The van der Waals surface area contributed by atoms with Gasteiger partial charge in [-0.25, -0.2) is 4.99 Å². The van der Waals surface area contributed by atoms with Crippen molar-refractivity contribution in [1.82, 2.24) is 4.90 Å². The molecular formula is C31H32N4O2S. The number of carbonyl (C=O) groups excluding carboxylic acids is 2. The second-order valence-corrected chi connectivity index (χ2v) is 10.9. The maximum Gasteiger partial charge on any atom is 0.255 e. The minimum Gasteiger partial charge on any atom is -0.340 e. The molecule has 6 nitrogen and oxygen atoms in total. The van der Waals surface area contributed by atoms with Crippen LogP contribution in [0.25, 0.3) is 0 Å². The predicted molar refractivity (Wildman–Crippen MR) is 156 cm³/mol. The molecule has 2 amide bonds. The molecule has 0 bridgehead atoms. The van der Waals surface area contributed by atoms with Crippen LogP contribution < -0.4 is 10.6 Å². The summed E-state index contributed by atoms with van der Waals surface area (Å²) in [6, 6.07) is 23.3. The number of nitrogens with zero attached hydrogens (tertiary/aromatic N) is 2. The Morgan fingerprint density at radius 2 is 1.74 bits per heavy atom. The van der Waals surface area contributed by atoms with E-state index in [2.05, 4.69) is 21.6 Å². The van der Waals surface area contributed by atoms with Crippen LogP contribution in [0.3, 0.4) is 0 Å². The topological polar surface area (TPSA) is 73.8 Å². The first-order valence-electron chi connectivity index (χ1n) is 12.9. The fourth-order valence-corrected chi connectivity index (χ4v) is 6.00. The fourth-order valence-electron chi connectivity index (χ4n) is 4.98. The van der Waals surface area contributed by atoms with Gasteiger partial charge in [-0.2, -0.15) is 0 Å². The Bertz CT molecular complexity index is 1410. The van der Waals surface area contributed by atoms with E-state index in [9.17, 15) is 9.59 Å². The van der Waals surface area contributed by atoms with Crippen molar-refractivity contribution < 1.29 is 9.59 Å². The van der Waals surface area contributed by atoms with Crippen molar-refractivity contribution in [2.24, 2.45) is 4.99 Å². The van der Waals surface area contributed by atoms with E-state index >= 15 is 0 Å². The Morgan fingerprint density at radius 1 is 0.974 bits per heavy atom. The lowest BCUT2D eigenvalue weighted by molar-refractivity contribution is -0.115. The smallest absolute Gasteiger partial charge is 0.255 e. The van der Waals surface area contributed by atoms with Gasteiger partial charge in [0, 0.05) is 23.7 Å². The van der Waals surface area contributed by atoms with Gasteiger partial charge in [0.05, 0.1) is 23.7 Å². The molecule has 1 fully saturated rings. The zero-order chi connectivity index (χ0) is 26.6. The number of aryl methyl sites for hydroxylation is 2. The molecule has 7 heteroatoms. The highest BCUT2D eigenvalue weighted by Crippen LogP contribution is 2.40. The average Bonchev–Trinajstić information content (AvgIpc) is 2.90. The third kappa shape index (κ3) is 5.68. The molecule has 0 aliphatic carbocycles.